The summed E-state index contributed by atoms with van der Waals surface area (Å²) in [6, 6.07) is 0. The van der Waals surface area contributed by atoms with E-state index in [0.29, 0.717) is 34.5 Å². The van der Waals surface area contributed by atoms with Gasteiger partial charge in [-0.25, -0.2) is 0 Å². The summed E-state index contributed by atoms with van der Waals surface area (Å²) in [7, 11) is 0. The molecule has 4 heteroatoms. The molecule has 1 heterocycles. The minimum Gasteiger partial charge on any atom is 0 e. The first-order valence-corrected chi connectivity index (χ1v) is 18.5. The van der Waals surface area contributed by atoms with Crippen LogP contribution in [0.2, 0.25) is 0 Å². The van der Waals surface area contributed by atoms with Gasteiger partial charge in [0, 0.05) is 17.4 Å². The van der Waals surface area contributed by atoms with Crippen molar-refractivity contribution < 1.29 is 17.4 Å². The van der Waals surface area contributed by atoms with Gasteiger partial charge in [0.15, 0.2) is 0 Å². The Morgan fingerprint density at radius 3 is 1.67 bits per heavy atom. The molecule has 0 spiro atoms. The van der Waals surface area contributed by atoms with Crippen molar-refractivity contribution in [3.63, 3.8) is 0 Å². The topological polar surface area (TPSA) is 0 Å². The van der Waals surface area contributed by atoms with E-state index in [0.717, 1.165) is 13.3 Å². The van der Waals surface area contributed by atoms with Crippen molar-refractivity contribution in [1.82, 2.24) is 0 Å². The maximum atomic E-state index is 2.48. The number of halogens is 3. The molecular formula is C2H5CrI3. The van der Waals surface area contributed by atoms with Gasteiger partial charge < -0.3 is 0 Å². The predicted octanol–water partition coefficient (Wildman–Crippen LogP) is 2.41. The molecule has 0 atom stereocenters. The first-order chi connectivity index (χ1) is 2.50. The summed E-state index contributed by atoms with van der Waals surface area (Å²) < 4.78 is 4.96. The maximum absolute atomic E-state index is 2.48. The normalized spacial score (nSPS) is 21.3. The fourth-order valence-corrected chi connectivity index (χ4v) is 34.2. The molecule has 0 radical (unpaired) electrons. The van der Waals surface area contributed by atoms with E-state index < -0.39 is 0 Å². The zero-order valence-electron chi connectivity index (χ0n) is 2.79. The Balaban J connectivity index is 0.000000250. The molecule has 0 aliphatic carbocycles. The van der Waals surface area contributed by atoms with Crippen LogP contribution in [0.3, 0.4) is 0 Å². The van der Waals surface area contributed by atoms with Gasteiger partial charge in [0.25, 0.3) is 0 Å². The summed E-state index contributed by atoms with van der Waals surface area (Å²) in [6.45, 7) is 0. The zero-order chi connectivity index (χ0) is 3.54. The average Bonchev–Trinajstić information content (AvgIpc) is 1.76. The molecule has 6 heavy (non-hydrogen) atoms. The molecule has 0 N–H and O–H groups in total. The molecule has 0 aromatic heterocycles. The van der Waals surface area contributed by atoms with Crippen LogP contribution in [0.15, 0.2) is 8.17 Å². The van der Waals surface area contributed by atoms with E-state index in [1.807, 2.05) is 0 Å². The summed E-state index contributed by atoms with van der Waals surface area (Å²) in [6.07, 6.45) is 0. The van der Waals surface area contributed by atoms with Crippen molar-refractivity contribution in [2.75, 3.05) is 0 Å². The summed E-state index contributed by atoms with van der Waals surface area (Å²) in [5.74, 6) is 0. The Kier molecular flexibility index (Phi) is 7.89. The maximum Gasteiger partial charge on any atom is 0 e. The van der Waals surface area contributed by atoms with Crippen molar-refractivity contribution in [3.05, 3.63) is 8.17 Å². The third kappa shape index (κ3) is 3.46. The van der Waals surface area contributed by atoms with Crippen molar-refractivity contribution in [2.45, 2.75) is 0 Å². The van der Waals surface area contributed by atoms with Crippen LogP contribution in [0.1, 0.15) is 0 Å². The van der Waals surface area contributed by atoms with Gasteiger partial charge in [-0.2, -0.15) is 0 Å². The number of rotatable bonds is 0. The summed E-state index contributed by atoms with van der Waals surface area (Å²) in [5, 5.41) is 0. The number of hydrogen-bond acceptors (Lipinski definition) is 0. The van der Waals surface area contributed by atoms with Crippen molar-refractivity contribution in [1.29, 1.82) is 0 Å². The van der Waals surface area contributed by atoms with Crippen molar-refractivity contribution in [2.24, 2.45) is 0 Å². The second-order valence-corrected chi connectivity index (χ2v) is 31.0. The van der Waals surface area contributed by atoms with E-state index >= 15 is 0 Å². The van der Waals surface area contributed by atoms with E-state index in [2.05, 4.69) is 8.17 Å². The Bertz CT molecular complexity index is 46.8. The quantitative estimate of drug-likeness (QED) is 0.486. The second-order valence-electron chi connectivity index (χ2n) is 0.533. The SMILES string of the molecule is C1=C[IH][IH][IH]1.[Cr]. The third-order valence-electron chi connectivity index (χ3n) is 0.245. The first kappa shape index (κ1) is 8.46. The van der Waals surface area contributed by atoms with Gasteiger partial charge in [0.1, 0.15) is 0 Å². The largest absolute Gasteiger partial charge is 0 e. The van der Waals surface area contributed by atoms with Crippen LogP contribution in [0.4, 0.5) is 0 Å². The molecule has 0 aromatic rings. The molecule has 0 nitrogen and oxygen atoms in total. The predicted molar refractivity (Wildman–Crippen MR) is 55.4 cm³/mol. The Labute approximate surface area is 71.5 Å². The van der Waals surface area contributed by atoms with Crippen LogP contribution in [0.5, 0.6) is 0 Å². The smallest absolute Gasteiger partial charge is 0 e. The van der Waals surface area contributed by atoms with Crippen molar-refractivity contribution >= 4 is 47.7 Å². The minimum absolute atomic E-state index is 0. The zero-order valence-corrected chi connectivity index (χ0v) is 11.1. The second kappa shape index (κ2) is 5.60. The summed E-state index contributed by atoms with van der Waals surface area (Å²) in [5.41, 5.74) is 0. The Hall–Kier alpha value is 2.46. The van der Waals surface area contributed by atoms with Gasteiger partial charge in [-0.15, -0.1) is 0 Å². The van der Waals surface area contributed by atoms with Gasteiger partial charge in [-0.1, -0.05) is 0 Å². The van der Waals surface area contributed by atoms with Gasteiger partial charge >= 0.3 is 55.9 Å². The molecule has 0 unspecified atom stereocenters. The van der Waals surface area contributed by atoms with E-state index in [1.54, 1.807) is 0 Å². The molecular weight excluding hydrogens is 457 g/mol. The molecule has 1 aliphatic rings. The molecule has 0 saturated heterocycles. The average molecular weight is 462 g/mol. The molecule has 1 rings (SSSR count). The molecule has 0 saturated carbocycles. The molecule has 0 aromatic carbocycles. The number of hydrogen-bond donors (Lipinski definition) is 0. The standard InChI is InChI=1S/C2H5I3.Cr/c1-2-4-5-3-1;/h1-5H;. The van der Waals surface area contributed by atoms with Gasteiger partial charge in [-0.05, 0) is 0 Å². The Morgan fingerprint density at radius 2 is 1.50 bits per heavy atom. The van der Waals surface area contributed by atoms with Crippen LogP contribution in [0.25, 0.3) is 0 Å². The molecule has 0 bridgehead atoms. The molecule has 1 aliphatic heterocycles. The third-order valence-corrected chi connectivity index (χ3v) is 31.2. The van der Waals surface area contributed by atoms with Gasteiger partial charge in [0.05, 0.1) is 0 Å². The molecule has 0 fully saturated rings. The van der Waals surface area contributed by atoms with Crippen LogP contribution >= 0.6 is 47.7 Å². The van der Waals surface area contributed by atoms with E-state index in [-0.39, 0.29) is 17.4 Å². The fraction of sp³-hybridized carbons (Fsp3) is 0. The Morgan fingerprint density at radius 1 is 1.00 bits per heavy atom. The van der Waals surface area contributed by atoms with Gasteiger partial charge in [0.2, 0.25) is 0 Å². The van der Waals surface area contributed by atoms with E-state index in [4.69, 9.17) is 0 Å². The minimum atomic E-state index is 0. The fourth-order valence-electron chi connectivity index (χ4n) is 0.113. The van der Waals surface area contributed by atoms with Crippen LogP contribution in [0, 0.1) is 0 Å². The van der Waals surface area contributed by atoms with Crippen LogP contribution in [-0.4, -0.2) is 0 Å². The molecule has 0 amide bonds. The van der Waals surface area contributed by atoms with Crippen LogP contribution < -0.4 is 0 Å². The summed E-state index contributed by atoms with van der Waals surface area (Å²) in [4.78, 5) is 0. The van der Waals surface area contributed by atoms with E-state index in [1.165, 1.54) is 0 Å². The van der Waals surface area contributed by atoms with Crippen LogP contribution in [-0.2, 0) is 17.4 Å². The first-order valence-electron chi connectivity index (χ1n) is 1.14. The molecule has 40 valence electrons. The monoisotopic (exact) mass is 462 g/mol. The van der Waals surface area contributed by atoms with Crippen molar-refractivity contribution in [3.8, 4) is 0 Å². The van der Waals surface area contributed by atoms with E-state index in [9.17, 15) is 0 Å². The summed E-state index contributed by atoms with van der Waals surface area (Å²) >= 11 is 1.98. The van der Waals surface area contributed by atoms with Gasteiger partial charge in [-0.3, -0.25) is 0 Å².